The van der Waals surface area contributed by atoms with Gasteiger partial charge in [-0.1, -0.05) is 36.8 Å². The molecule has 1 aromatic heterocycles. The Morgan fingerprint density at radius 2 is 1.84 bits per heavy atom. The zero-order valence-corrected chi connectivity index (χ0v) is 11.4. The number of nitrogens with zero attached hydrogens (tertiary/aromatic N) is 1. The largest absolute Gasteiger partial charge is 0.320 e. The van der Waals surface area contributed by atoms with Gasteiger partial charge in [0.25, 0.3) is 0 Å². The van der Waals surface area contributed by atoms with Crippen LogP contribution in [0.2, 0.25) is 0 Å². The van der Waals surface area contributed by atoms with Gasteiger partial charge >= 0.3 is 0 Å². The lowest BCUT2D eigenvalue weighted by Gasteiger charge is -2.27. The van der Waals surface area contributed by atoms with E-state index in [-0.39, 0.29) is 5.82 Å². The number of rotatable bonds is 4. The Hall–Kier alpha value is -1.74. The molecule has 1 heterocycles. The smallest absolute Gasteiger partial charge is 0.141 e. The van der Waals surface area contributed by atoms with Gasteiger partial charge in [-0.05, 0) is 37.5 Å². The standard InChI is InChI=1S/C16H19FN2/c1-3-16(18,15-9-8-14(17)11-19-15)10-13-6-4-12(2)5-7-13/h4-9,11H,3,10,18H2,1-2H3. The van der Waals surface area contributed by atoms with E-state index in [1.807, 2.05) is 6.92 Å². The van der Waals surface area contributed by atoms with Crippen LogP contribution in [0.3, 0.4) is 0 Å². The number of pyridine rings is 1. The van der Waals surface area contributed by atoms with Crippen molar-refractivity contribution in [3.05, 3.63) is 65.2 Å². The van der Waals surface area contributed by atoms with Gasteiger partial charge in [-0.15, -0.1) is 0 Å². The molecule has 2 N–H and O–H groups in total. The van der Waals surface area contributed by atoms with Crippen molar-refractivity contribution in [2.75, 3.05) is 0 Å². The Morgan fingerprint density at radius 3 is 2.37 bits per heavy atom. The molecular weight excluding hydrogens is 239 g/mol. The van der Waals surface area contributed by atoms with Crippen LogP contribution in [0, 0.1) is 12.7 Å². The third-order valence-electron chi connectivity index (χ3n) is 3.51. The molecule has 2 aromatic rings. The van der Waals surface area contributed by atoms with Crippen molar-refractivity contribution in [3.8, 4) is 0 Å². The third kappa shape index (κ3) is 3.18. The average Bonchev–Trinajstić information content (AvgIpc) is 2.42. The molecule has 0 fully saturated rings. The van der Waals surface area contributed by atoms with Crippen LogP contribution in [0.25, 0.3) is 0 Å². The molecule has 0 saturated carbocycles. The minimum atomic E-state index is -0.553. The van der Waals surface area contributed by atoms with E-state index in [0.717, 1.165) is 12.1 Å². The fraction of sp³-hybridized carbons (Fsp3) is 0.312. The van der Waals surface area contributed by atoms with E-state index >= 15 is 0 Å². The molecular formula is C16H19FN2. The van der Waals surface area contributed by atoms with Crippen LogP contribution < -0.4 is 5.73 Å². The molecule has 0 radical (unpaired) electrons. The number of aryl methyl sites for hydroxylation is 1. The van der Waals surface area contributed by atoms with Crippen molar-refractivity contribution in [3.63, 3.8) is 0 Å². The molecule has 0 aliphatic rings. The first-order valence-electron chi connectivity index (χ1n) is 6.50. The maximum absolute atomic E-state index is 12.9. The SMILES string of the molecule is CCC(N)(Cc1ccc(C)cc1)c1ccc(F)cn1. The van der Waals surface area contributed by atoms with Gasteiger partial charge in [0.2, 0.25) is 0 Å². The fourth-order valence-corrected chi connectivity index (χ4v) is 2.14. The summed E-state index contributed by atoms with van der Waals surface area (Å²) in [6.45, 7) is 4.08. The van der Waals surface area contributed by atoms with E-state index in [0.29, 0.717) is 6.42 Å². The predicted molar refractivity (Wildman–Crippen MR) is 75.2 cm³/mol. The lowest BCUT2D eigenvalue weighted by Crippen LogP contribution is -2.39. The van der Waals surface area contributed by atoms with Crippen LogP contribution in [0.4, 0.5) is 4.39 Å². The number of benzene rings is 1. The highest BCUT2D eigenvalue weighted by Crippen LogP contribution is 2.25. The van der Waals surface area contributed by atoms with Gasteiger partial charge in [0.05, 0.1) is 17.4 Å². The summed E-state index contributed by atoms with van der Waals surface area (Å²) in [7, 11) is 0. The van der Waals surface area contributed by atoms with Crippen molar-refractivity contribution in [2.24, 2.45) is 5.73 Å². The zero-order chi connectivity index (χ0) is 13.9. The molecule has 1 aromatic carbocycles. The van der Waals surface area contributed by atoms with Crippen molar-refractivity contribution in [1.29, 1.82) is 0 Å². The first-order valence-corrected chi connectivity index (χ1v) is 6.50. The topological polar surface area (TPSA) is 38.9 Å². The molecule has 1 atom stereocenters. The van der Waals surface area contributed by atoms with Crippen LogP contribution in [0.5, 0.6) is 0 Å². The zero-order valence-electron chi connectivity index (χ0n) is 11.4. The van der Waals surface area contributed by atoms with E-state index in [4.69, 9.17) is 5.73 Å². The number of halogens is 1. The van der Waals surface area contributed by atoms with Gasteiger partial charge in [-0.3, -0.25) is 4.98 Å². The van der Waals surface area contributed by atoms with Crippen molar-refractivity contribution in [1.82, 2.24) is 4.98 Å². The quantitative estimate of drug-likeness (QED) is 0.913. The van der Waals surface area contributed by atoms with Gasteiger partial charge in [-0.25, -0.2) is 4.39 Å². The Balaban J connectivity index is 2.27. The third-order valence-corrected chi connectivity index (χ3v) is 3.51. The molecule has 0 aliphatic carbocycles. The summed E-state index contributed by atoms with van der Waals surface area (Å²) in [6, 6.07) is 11.4. The molecule has 0 spiro atoms. The van der Waals surface area contributed by atoms with E-state index in [2.05, 4.69) is 36.2 Å². The summed E-state index contributed by atoms with van der Waals surface area (Å²) in [4.78, 5) is 4.13. The van der Waals surface area contributed by atoms with Crippen LogP contribution in [0.15, 0.2) is 42.6 Å². The number of aromatic nitrogens is 1. The summed E-state index contributed by atoms with van der Waals surface area (Å²) < 4.78 is 12.9. The Bertz CT molecular complexity index is 534. The van der Waals surface area contributed by atoms with Gasteiger partial charge < -0.3 is 5.73 Å². The van der Waals surface area contributed by atoms with Crippen LogP contribution in [0.1, 0.15) is 30.2 Å². The fourth-order valence-electron chi connectivity index (χ4n) is 2.14. The van der Waals surface area contributed by atoms with Crippen molar-refractivity contribution >= 4 is 0 Å². The molecule has 3 heteroatoms. The number of nitrogens with two attached hydrogens (primary N) is 1. The lowest BCUT2D eigenvalue weighted by molar-refractivity contribution is 0.410. The number of hydrogen-bond acceptors (Lipinski definition) is 2. The summed E-state index contributed by atoms with van der Waals surface area (Å²) >= 11 is 0. The van der Waals surface area contributed by atoms with E-state index < -0.39 is 5.54 Å². The summed E-state index contributed by atoms with van der Waals surface area (Å²) in [6.07, 6.45) is 2.67. The lowest BCUT2D eigenvalue weighted by atomic mass is 9.85. The minimum absolute atomic E-state index is 0.336. The highest BCUT2D eigenvalue weighted by molar-refractivity contribution is 5.26. The van der Waals surface area contributed by atoms with Crippen molar-refractivity contribution in [2.45, 2.75) is 32.2 Å². The maximum atomic E-state index is 12.9. The first kappa shape index (κ1) is 13.7. The molecule has 19 heavy (non-hydrogen) atoms. The van der Waals surface area contributed by atoms with Gasteiger partial charge in [-0.2, -0.15) is 0 Å². The monoisotopic (exact) mass is 258 g/mol. The van der Waals surface area contributed by atoms with Crippen LogP contribution in [-0.2, 0) is 12.0 Å². The van der Waals surface area contributed by atoms with Crippen LogP contribution >= 0.6 is 0 Å². The Kier molecular flexibility index (Phi) is 3.96. The van der Waals surface area contributed by atoms with Crippen molar-refractivity contribution < 1.29 is 4.39 Å². The normalized spacial score (nSPS) is 14.1. The maximum Gasteiger partial charge on any atom is 0.141 e. The molecule has 0 aliphatic heterocycles. The predicted octanol–water partition coefficient (Wildman–Crippen LogP) is 3.34. The average molecular weight is 258 g/mol. The number of hydrogen-bond donors (Lipinski definition) is 1. The minimum Gasteiger partial charge on any atom is -0.320 e. The summed E-state index contributed by atoms with van der Waals surface area (Å²) in [5.41, 5.74) is 9.03. The second-order valence-electron chi connectivity index (χ2n) is 5.03. The van der Waals surface area contributed by atoms with Gasteiger partial charge in [0, 0.05) is 0 Å². The highest BCUT2D eigenvalue weighted by Gasteiger charge is 2.27. The molecule has 0 saturated heterocycles. The Morgan fingerprint density at radius 1 is 1.16 bits per heavy atom. The first-order chi connectivity index (χ1) is 9.03. The van der Waals surface area contributed by atoms with Gasteiger partial charge in [0.1, 0.15) is 5.82 Å². The van der Waals surface area contributed by atoms with E-state index in [9.17, 15) is 4.39 Å². The highest BCUT2D eigenvalue weighted by atomic mass is 19.1. The van der Waals surface area contributed by atoms with Gasteiger partial charge in [0.15, 0.2) is 0 Å². The Labute approximate surface area is 113 Å². The molecule has 100 valence electrons. The summed E-state index contributed by atoms with van der Waals surface area (Å²) in [5, 5.41) is 0. The molecule has 2 rings (SSSR count). The molecule has 0 bridgehead atoms. The molecule has 1 unspecified atom stereocenters. The summed E-state index contributed by atoms with van der Waals surface area (Å²) in [5.74, 6) is -0.336. The second-order valence-corrected chi connectivity index (χ2v) is 5.03. The van der Waals surface area contributed by atoms with E-state index in [1.54, 1.807) is 6.07 Å². The van der Waals surface area contributed by atoms with Crippen LogP contribution in [-0.4, -0.2) is 4.98 Å². The second kappa shape index (κ2) is 5.49. The van der Waals surface area contributed by atoms with E-state index in [1.165, 1.54) is 23.4 Å². The molecule has 0 amide bonds. The molecule has 2 nitrogen and oxygen atoms in total.